The Morgan fingerprint density at radius 2 is 2.28 bits per heavy atom. The first kappa shape index (κ1) is 12.4. The summed E-state index contributed by atoms with van der Waals surface area (Å²) in [5.41, 5.74) is 0.163. The van der Waals surface area contributed by atoms with Gasteiger partial charge in [-0.25, -0.2) is 0 Å². The summed E-state index contributed by atoms with van der Waals surface area (Å²) in [5, 5.41) is 8.99. The van der Waals surface area contributed by atoms with Crippen molar-refractivity contribution in [2.45, 2.75) is 32.6 Å². The van der Waals surface area contributed by atoms with Crippen LogP contribution in [0.2, 0.25) is 0 Å². The zero-order chi connectivity index (χ0) is 13.1. The topological polar surface area (TPSA) is 63.2 Å². The Kier molecular flexibility index (Phi) is 3.52. The van der Waals surface area contributed by atoms with Crippen molar-refractivity contribution in [3.63, 3.8) is 0 Å². The molecule has 0 radical (unpaired) electrons. The molecule has 1 aromatic rings. The molecule has 94 valence electrons. The molecule has 1 unspecified atom stereocenters. The fourth-order valence-electron chi connectivity index (χ4n) is 2.18. The second-order valence-electron chi connectivity index (χ2n) is 4.32. The van der Waals surface area contributed by atoms with Crippen molar-refractivity contribution in [3.8, 4) is 6.07 Å². The van der Waals surface area contributed by atoms with Gasteiger partial charge in [-0.1, -0.05) is 0 Å². The van der Waals surface area contributed by atoms with E-state index < -0.39 is 0 Å². The van der Waals surface area contributed by atoms with Crippen molar-refractivity contribution in [1.29, 1.82) is 5.26 Å². The van der Waals surface area contributed by atoms with Crippen molar-refractivity contribution < 1.29 is 13.9 Å². The molecule has 0 fully saturated rings. The second kappa shape index (κ2) is 5.09. The molecule has 1 heterocycles. The summed E-state index contributed by atoms with van der Waals surface area (Å²) in [6, 6.07) is 5.70. The Hall–Kier alpha value is -2.02. The molecule has 0 saturated heterocycles. The molecule has 0 bridgehead atoms. The van der Waals surface area contributed by atoms with Gasteiger partial charge in [-0.05, 0) is 26.0 Å². The van der Waals surface area contributed by atoms with Crippen molar-refractivity contribution in [3.05, 3.63) is 35.0 Å². The van der Waals surface area contributed by atoms with Gasteiger partial charge in [0.25, 0.3) is 0 Å². The molecule has 0 amide bonds. The highest BCUT2D eigenvalue weighted by Crippen LogP contribution is 2.35. The quantitative estimate of drug-likeness (QED) is 0.821. The fourth-order valence-corrected chi connectivity index (χ4v) is 2.18. The van der Waals surface area contributed by atoms with Gasteiger partial charge in [0.15, 0.2) is 5.78 Å². The van der Waals surface area contributed by atoms with Crippen LogP contribution in [0, 0.1) is 18.3 Å². The van der Waals surface area contributed by atoms with E-state index in [-0.39, 0.29) is 17.3 Å². The summed E-state index contributed by atoms with van der Waals surface area (Å²) in [6.45, 7) is 4.17. The highest BCUT2D eigenvalue weighted by atomic mass is 16.5. The van der Waals surface area contributed by atoms with Crippen LogP contribution in [0.25, 0.3) is 0 Å². The van der Waals surface area contributed by atoms with Crippen LogP contribution in [0.5, 0.6) is 0 Å². The molecule has 1 aromatic heterocycles. The minimum atomic E-state index is -0.161. The predicted octanol–water partition coefficient (Wildman–Crippen LogP) is 2.85. The molecule has 0 saturated carbocycles. The molecular weight excluding hydrogens is 230 g/mol. The Labute approximate surface area is 106 Å². The van der Waals surface area contributed by atoms with E-state index >= 15 is 0 Å². The SMILES string of the molecule is CCOC1=C(C#N)C(=O)CC(c2ccc(C)o2)C1. The van der Waals surface area contributed by atoms with Crippen LogP contribution in [0.15, 0.2) is 27.9 Å². The van der Waals surface area contributed by atoms with E-state index in [1.165, 1.54) is 0 Å². The van der Waals surface area contributed by atoms with E-state index in [0.29, 0.717) is 25.2 Å². The summed E-state index contributed by atoms with van der Waals surface area (Å²) in [5.74, 6) is 1.92. The lowest BCUT2D eigenvalue weighted by Crippen LogP contribution is -2.18. The van der Waals surface area contributed by atoms with Crippen LogP contribution in [-0.4, -0.2) is 12.4 Å². The number of furan rings is 1. The maximum atomic E-state index is 11.9. The molecule has 0 N–H and O–H groups in total. The van der Waals surface area contributed by atoms with E-state index in [9.17, 15) is 4.79 Å². The molecule has 0 aliphatic heterocycles. The number of allylic oxidation sites excluding steroid dienone is 2. The van der Waals surface area contributed by atoms with Crippen LogP contribution >= 0.6 is 0 Å². The summed E-state index contributed by atoms with van der Waals surface area (Å²) < 4.78 is 11.0. The average Bonchev–Trinajstić information content (AvgIpc) is 2.76. The van der Waals surface area contributed by atoms with Gasteiger partial charge in [-0.15, -0.1) is 0 Å². The number of aryl methyl sites for hydroxylation is 1. The molecule has 1 aliphatic carbocycles. The van der Waals surface area contributed by atoms with E-state index in [2.05, 4.69) is 0 Å². The van der Waals surface area contributed by atoms with Crippen LogP contribution < -0.4 is 0 Å². The average molecular weight is 245 g/mol. The third-order valence-corrected chi connectivity index (χ3v) is 3.02. The lowest BCUT2D eigenvalue weighted by Gasteiger charge is -2.22. The van der Waals surface area contributed by atoms with Gasteiger partial charge in [0.05, 0.1) is 6.61 Å². The van der Waals surface area contributed by atoms with Crippen LogP contribution in [0.1, 0.15) is 37.2 Å². The smallest absolute Gasteiger partial charge is 0.177 e. The number of ether oxygens (including phenoxy) is 1. The first-order valence-electron chi connectivity index (χ1n) is 6.01. The molecular formula is C14H15NO3. The van der Waals surface area contributed by atoms with Gasteiger partial charge >= 0.3 is 0 Å². The monoisotopic (exact) mass is 245 g/mol. The maximum Gasteiger partial charge on any atom is 0.177 e. The Morgan fingerprint density at radius 3 is 2.83 bits per heavy atom. The number of nitriles is 1. The largest absolute Gasteiger partial charge is 0.497 e. The summed E-state index contributed by atoms with van der Waals surface area (Å²) >= 11 is 0. The normalized spacial score (nSPS) is 19.8. The molecule has 4 nitrogen and oxygen atoms in total. The van der Waals surface area contributed by atoms with Gasteiger partial charge in [-0.2, -0.15) is 5.26 Å². The number of carbonyl (C=O) groups excluding carboxylic acids is 1. The van der Waals surface area contributed by atoms with Gasteiger partial charge in [-0.3, -0.25) is 4.79 Å². The van der Waals surface area contributed by atoms with Gasteiger partial charge in [0.2, 0.25) is 0 Å². The van der Waals surface area contributed by atoms with Crippen molar-refractivity contribution >= 4 is 5.78 Å². The van der Waals surface area contributed by atoms with Crippen LogP contribution in [0.4, 0.5) is 0 Å². The molecule has 2 rings (SSSR count). The minimum absolute atomic E-state index is 0.0233. The van der Waals surface area contributed by atoms with Gasteiger partial charge < -0.3 is 9.15 Å². The maximum absolute atomic E-state index is 11.9. The van der Waals surface area contributed by atoms with Crippen molar-refractivity contribution in [2.75, 3.05) is 6.61 Å². The van der Waals surface area contributed by atoms with Crippen molar-refractivity contribution in [1.82, 2.24) is 0 Å². The lowest BCUT2D eigenvalue weighted by atomic mass is 9.86. The second-order valence-corrected chi connectivity index (χ2v) is 4.32. The first-order chi connectivity index (χ1) is 8.65. The van der Waals surface area contributed by atoms with E-state index in [0.717, 1.165) is 11.5 Å². The van der Waals surface area contributed by atoms with E-state index in [1.807, 2.05) is 32.0 Å². The molecule has 1 aliphatic rings. The zero-order valence-electron chi connectivity index (χ0n) is 10.5. The number of carbonyl (C=O) groups is 1. The van der Waals surface area contributed by atoms with Crippen LogP contribution in [-0.2, 0) is 9.53 Å². The number of hydrogen-bond acceptors (Lipinski definition) is 4. The Balaban J connectivity index is 2.28. The Morgan fingerprint density at radius 1 is 1.50 bits per heavy atom. The number of Topliss-reactive ketones (excluding diaryl/α,β-unsaturated/α-hetero) is 1. The lowest BCUT2D eigenvalue weighted by molar-refractivity contribution is -0.116. The highest BCUT2D eigenvalue weighted by Gasteiger charge is 2.31. The number of hydrogen-bond donors (Lipinski definition) is 0. The molecule has 18 heavy (non-hydrogen) atoms. The van der Waals surface area contributed by atoms with Crippen molar-refractivity contribution in [2.24, 2.45) is 0 Å². The molecule has 1 atom stereocenters. The number of nitrogens with zero attached hydrogens (tertiary/aromatic N) is 1. The summed E-state index contributed by atoms with van der Waals surface area (Å²) in [7, 11) is 0. The van der Waals surface area contributed by atoms with Gasteiger partial charge in [0, 0.05) is 18.8 Å². The number of rotatable bonds is 3. The summed E-state index contributed by atoms with van der Waals surface area (Å²) in [4.78, 5) is 11.9. The number of ketones is 1. The fraction of sp³-hybridized carbons (Fsp3) is 0.429. The summed E-state index contributed by atoms with van der Waals surface area (Å²) in [6.07, 6.45) is 0.863. The standard InChI is InChI=1S/C14H15NO3/c1-3-17-14-7-10(6-12(16)11(14)8-15)13-5-4-9(2)18-13/h4-5,10H,3,6-7H2,1-2H3. The first-order valence-corrected chi connectivity index (χ1v) is 6.01. The third-order valence-electron chi connectivity index (χ3n) is 3.02. The zero-order valence-corrected chi connectivity index (χ0v) is 10.5. The van der Waals surface area contributed by atoms with Gasteiger partial charge in [0.1, 0.15) is 28.9 Å². The third kappa shape index (κ3) is 2.30. The molecule has 0 aromatic carbocycles. The van der Waals surface area contributed by atoms with E-state index in [1.54, 1.807) is 0 Å². The molecule has 0 spiro atoms. The predicted molar refractivity (Wildman–Crippen MR) is 64.7 cm³/mol. The minimum Gasteiger partial charge on any atom is -0.497 e. The van der Waals surface area contributed by atoms with Crippen LogP contribution in [0.3, 0.4) is 0 Å². The van der Waals surface area contributed by atoms with E-state index in [4.69, 9.17) is 14.4 Å². The molecule has 4 heteroatoms. The Bertz CT molecular complexity index is 533. The highest BCUT2D eigenvalue weighted by molar-refractivity contribution is 6.00.